The van der Waals surface area contributed by atoms with Crippen molar-refractivity contribution in [1.29, 1.82) is 5.26 Å². The van der Waals surface area contributed by atoms with E-state index in [0.717, 1.165) is 11.1 Å². The van der Waals surface area contributed by atoms with Crippen LogP contribution in [0.4, 0.5) is 0 Å². The van der Waals surface area contributed by atoms with Gasteiger partial charge in [0, 0.05) is 0 Å². The van der Waals surface area contributed by atoms with Gasteiger partial charge in [0.2, 0.25) is 0 Å². The van der Waals surface area contributed by atoms with Crippen molar-refractivity contribution in [2.24, 2.45) is 0 Å². The van der Waals surface area contributed by atoms with Crippen LogP contribution in [0.3, 0.4) is 0 Å². The van der Waals surface area contributed by atoms with Gasteiger partial charge in [-0.05, 0) is 71.6 Å². The predicted molar refractivity (Wildman–Crippen MR) is 137 cm³/mol. The fraction of sp³-hybridized carbons (Fsp3) is 0.214. The van der Waals surface area contributed by atoms with Gasteiger partial charge in [0.05, 0.1) is 17.1 Å². The largest absolute Gasteiger partial charge is 0.490 e. The van der Waals surface area contributed by atoms with E-state index in [1.807, 2.05) is 81.4 Å². The molecule has 0 aliphatic heterocycles. The minimum atomic E-state index is -0.437. The summed E-state index contributed by atoms with van der Waals surface area (Å²) in [7, 11) is 0. The molecule has 174 valence electrons. The molecule has 3 aromatic carbocycles. The first-order chi connectivity index (χ1) is 16.4. The zero-order valence-electron chi connectivity index (χ0n) is 19.5. The Morgan fingerprint density at radius 2 is 1.82 bits per heavy atom. The van der Waals surface area contributed by atoms with E-state index in [1.165, 1.54) is 5.56 Å². The number of aryl methyl sites for hydroxylation is 1. The standard InChI is InChI=1S/C28H27BrN2O3/c1-4-33-26-16-22(15-25(29)27(26)34-18-21-12-10-19(2)11-13-21)14-24(17-30)28(32)31-20(3)23-8-6-5-7-9-23/h5-16,20H,4,18H2,1-3H3,(H,31,32)/b24-14-/t20-/m0/s1. The quantitative estimate of drug-likeness (QED) is 0.258. The maximum atomic E-state index is 12.7. The molecule has 0 heterocycles. The summed E-state index contributed by atoms with van der Waals surface area (Å²) in [6.45, 7) is 6.64. The van der Waals surface area contributed by atoms with Crippen LogP contribution in [0.2, 0.25) is 0 Å². The molecule has 3 aromatic rings. The van der Waals surface area contributed by atoms with Gasteiger partial charge in [-0.1, -0.05) is 60.2 Å². The Labute approximate surface area is 209 Å². The molecular weight excluding hydrogens is 492 g/mol. The molecule has 34 heavy (non-hydrogen) atoms. The van der Waals surface area contributed by atoms with Gasteiger partial charge in [0.25, 0.3) is 5.91 Å². The van der Waals surface area contributed by atoms with E-state index in [-0.39, 0.29) is 11.6 Å². The van der Waals surface area contributed by atoms with Crippen LogP contribution in [0, 0.1) is 18.3 Å². The highest BCUT2D eigenvalue weighted by molar-refractivity contribution is 9.10. The Hall–Kier alpha value is -3.56. The summed E-state index contributed by atoms with van der Waals surface area (Å²) in [4.78, 5) is 12.7. The van der Waals surface area contributed by atoms with Crippen LogP contribution < -0.4 is 14.8 Å². The zero-order chi connectivity index (χ0) is 24.5. The third-order valence-electron chi connectivity index (χ3n) is 5.16. The van der Waals surface area contributed by atoms with Crippen molar-refractivity contribution in [2.45, 2.75) is 33.4 Å². The molecule has 0 fully saturated rings. The second-order valence-corrected chi connectivity index (χ2v) is 8.67. The highest BCUT2D eigenvalue weighted by atomic mass is 79.9. The minimum Gasteiger partial charge on any atom is -0.490 e. The van der Waals surface area contributed by atoms with Crippen molar-refractivity contribution in [3.05, 3.63) is 99.0 Å². The second-order valence-electron chi connectivity index (χ2n) is 7.81. The molecule has 0 radical (unpaired) electrons. The van der Waals surface area contributed by atoms with E-state index in [9.17, 15) is 10.1 Å². The van der Waals surface area contributed by atoms with E-state index in [1.54, 1.807) is 18.2 Å². The lowest BCUT2D eigenvalue weighted by atomic mass is 10.1. The lowest BCUT2D eigenvalue weighted by Crippen LogP contribution is -2.27. The molecule has 0 saturated heterocycles. The smallest absolute Gasteiger partial charge is 0.262 e. The van der Waals surface area contributed by atoms with E-state index < -0.39 is 5.91 Å². The van der Waals surface area contributed by atoms with Crippen LogP contribution in [0.1, 0.15) is 42.1 Å². The number of carbonyl (C=O) groups is 1. The molecule has 0 aliphatic rings. The minimum absolute atomic E-state index is 0.00505. The molecule has 0 spiro atoms. The fourth-order valence-corrected chi connectivity index (χ4v) is 3.90. The SMILES string of the molecule is CCOc1cc(/C=C(/C#N)C(=O)N[C@@H](C)c2ccccc2)cc(Br)c1OCc1ccc(C)cc1. The van der Waals surface area contributed by atoms with Crippen molar-refractivity contribution in [1.82, 2.24) is 5.32 Å². The lowest BCUT2D eigenvalue weighted by molar-refractivity contribution is -0.117. The van der Waals surface area contributed by atoms with E-state index >= 15 is 0 Å². The molecular formula is C28H27BrN2O3. The molecule has 0 unspecified atom stereocenters. The third-order valence-corrected chi connectivity index (χ3v) is 5.75. The molecule has 1 atom stereocenters. The molecule has 1 N–H and O–H groups in total. The van der Waals surface area contributed by atoms with Gasteiger partial charge in [-0.25, -0.2) is 0 Å². The monoisotopic (exact) mass is 518 g/mol. The first-order valence-corrected chi connectivity index (χ1v) is 11.8. The van der Waals surface area contributed by atoms with Gasteiger partial charge in [0.1, 0.15) is 18.2 Å². The summed E-state index contributed by atoms with van der Waals surface area (Å²) in [5.41, 5.74) is 3.85. The maximum absolute atomic E-state index is 12.7. The topological polar surface area (TPSA) is 71.3 Å². The summed E-state index contributed by atoms with van der Waals surface area (Å²) < 4.78 is 12.5. The van der Waals surface area contributed by atoms with Gasteiger partial charge in [-0.3, -0.25) is 4.79 Å². The van der Waals surface area contributed by atoms with Crippen molar-refractivity contribution < 1.29 is 14.3 Å². The molecule has 0 saturated carbocycles. The number of amides is 1. The third kappa shape index (κ3) is 6.72. The molecule has 1 amide bonds. The Bertz CT molecular complexity index is 1200. The van der Waals surface area contributed by atoms with E-state index in [0.29, 0.717) is 34.7 Å². The first-order valence-electron chi connectivity index (χ1n) is 11.0. The van der Waals surface area contributed by atoms with Crippen LogP contribution in [0.15, 0.2) is 76.8 Å². The molecule has 6 heteroatoms. The molecule has 0 bridgehead atoms. The predicted octanol–water partition coefficient (Wildman–Crippen LogP) is 6.52. The number of rotatable bonds is 9. The van der Waals surface area contributed by atoms with Crippen LogP contribution in [0.25, 0.3) is 6.08 Å². The van der Waals surface area contributed by atoms with Crippen molar-refractivity contribution in [3.8, 4) is 17.6 Å². The van der Waals surface area contributed by atoms with Crippen LogP contribution in [-0.2, 0) is 11.4 Å². The van der Waals surface area contributed by atoms with Crippen molar-refractivity contribution >= 4 is 27.9 Å². The van der Waals surface area contributed by atoms with Gasteiger partial charge in [-0.2, -0.15) is 5.26 Å². The first kappa shape index (κ1) is 25.1. The number of hydrogen-bond acceptors (Lipinski definition) is 4. The number of benzene rings is 3. The summed E-state index contributed by atoms with van der Waals surface area (Å²) in [5, 5.41) is 12.5. The number of carbonyl (C=O) groups excluding carboxylic acids is 1. The van der Waals surface area contributed by atoms with Crippen LogP contribution in [0.5, 0.6) is 11.5 Å². The molecule has 0 aromatic heterocycles. The Morgan fingerprint density at radius 3 is 2.47 bits per heavy atom. The number of nitriles is 1. The highest BCUT2D eigenvalue weighted by Gasteiger charge is 2.16. The van der Waals surface area contributed by atoms with E-state index in [4.69, 9.17) is 9.47 Å². The zero-order valence-corrected chi connectivity index (χ0v) is 21.1. The molecule has 0 aliphatic carbocycles. The van der Waals surface area contributed by atoms with Gasteiger partial charge < -0.3 is 14.8 Å². The van der Waals surface area contributed by atoms with Crippen molar-refractivity contribution in [3.63, 3.8) is 0 Å². The number of halogens is 1. The van der Waals surface area contributed by atoms with Crippen molar-refractivity contribution in [2.75, 3.05) is 6.61 Å². The molecule has 5 nitrogen and oxygen atoms in total. The number of hydrogen-bond donors (Lipinski definition) is 1. The highest BCUT2D eigenvalue weighted by Crippen LogP contribution is 2.38. The Balaban J connectivity index is 1.81. The summed E-state index contributed by atoms with van der Waals surface area (Å²) in [6, 6.07) is 23.1. The van der Waals surface area contributed by atoms with Gasteiger partial charge in [0.15, 0.2) is 11.5 Å². The van der Waals surface area contributed by atoms with Gasteiger partial charge >= 0.3 is 0 Å². The number of nitrogens with one attached hydrogen (secondary N) is 1. The summed E-state index contributed by atoms with van der Waals surface area (Å²) in [6.07, 6.45) is 1.55. The Kier molecular flexibility index (Phi) is 8.89. The number of nitrogens with zero attached hydrogens (tertiary/aromatic N) is 1. The van der Waals surface area contributed by atoms with E-state index in [2.05, 4.69) is 21.2 Å². The Morgan fingerprint density at radius 1 is 1.12 bits per heavy atom. The maximum Gasteiger partial charge on any atom is 0.262 e. The summed E-state index contributed by atoms with van der Waals surface area (Å²) >= 11 is 3.56. The normalized spacial score (nSPS) is 11.9. The summed E-state index contributed by atoms with van der Waals surface area (Å²) in [5.74, 6) is 0.665. The number of ether oxygens (including phenoxy) is 2. The fourth-order valence-electron chi connectivity index (χ4n) is 3.33. The van der Waals surface area contributed by atoms with Crippen LogP contribution >= 0.6 is 15.9 Å². The van der Waals surface area contributed by atoms with Gasteiger partial charge in [-0.15, -0.1) is 0 Å². The average molecular weight is 519 g/mol. The molecule has 3 rings (SSSR count). The second kappa shape index (κ2) is 12.1. The lowest BCUT2D eigenvalue weighted by Gasteiger charge is -2.16. The van der Waals surface area contributed by atoms with Crippen LogP contribution in [-0.4, -0.2) is 12.5 Å². The average Bonchev–Trinajstić information content (AvgIpc) is 2.83.